The van der Waals surface area contributed by atoms with Crippen molar-refractivity contribution in [1.82, 2.24) is 10.3 Å². The molecule has 0 saturated heterocycles. The number of amides is 1. The third kappa shape index (κ3) is 3.91. The molecule has 1 aromatic carbocycles. The van der Waals surface area contributed by atoms with Crippen LogP contribution in [-0.2, 0) is 11.3 Å². The lowest BCUT2D eigenvalue weighted by Gasteiger charge is -2.33. The molecule has 21 heavy (non-hydrogen) atoms. The first-order chi connectivity index (χ1) is 10.1. The zero-order valence-corrected chi connectivity index (χ0v) is 13.1. The van der Waals surface area contributed by atoms with E-state index in [-0.39, 0.29) is 11.9 Å². The number of benzene rings is 1. The van der Waals surface area contributed by atoms with Crippen molar-refractivity contribution in [2.75, 3.05) is 0 Å². The minimum Gasteiger partial charge on any atom is -0.293 e. The molecule has 1 atom stereocenters. The average molecular weight is 303 g/mol. The van der Waals surface area contributed by atoms with Crippen LogP contribution in [0, 0.1) is 0 Å². The van der Waals surface area contributed by atoms with Crippen molar-refractivity contribution in [2.45, 2.75) is 32.5 Å². The first kappa shape index (κ1) is 15.7. The van der Waals surface area contributed by atoms with Crippen LogP contribution in [0.3, 0.4) is 0 Å². The second-order valence-corrected chi connectivity index (χ2v) is 6.20. The lowest BCUT2D eigenvalue weighted by molar-refractivity contribution is -0.127. The highest BCUT2D eigenvalue weighted by atomic mass is 32.1. The quantitative estimate of drug-likeness (QED) is 0.490. The molecule has 0 spiro atoms. The average Bonchev–Trinajstić information content (AvgIpc) is 3.00. The van der Waals surface area contributed by atoms with E-state index in [1.165, 1.54) is 4.88 Å². The number of thiophene rings is 1. The Morgan fingerprint density at radius 2 is 1.95 bits per heavy atom. The molecule has 3 N–H and O–H groups in total. The lowest BCUT2D eigenvalue weighted by atomic mass is 10.0. The van der Waals surface area contributed by atoms with Crippen molar-refractivity contribution >= 4 is 17.2 Å². The topological polar surface area (TPSA) is 58.4 Å². The van der Waals surface area contributed by atoms with Crippen molar-refractivity contribution in [1.29, 1.82) is 0 Å². The van der Waals surface area contributed by atoms with Crippen molar-refractivity contribution in [2.24, 2.45) is 5.84 Å². The van der Waals surface area contributed by atoms with Crippen molar-refractivity contribution < 1.29 is 4.79 Å². The fourth-order valence-electron chi connectivity index (χ4n) is 2.36. The van der Waals surface area contributed by atoms with Crippen LogP contribution in [0.15, 0.2) is 47.8 Å². The minimum atomic E-state index is -0.390. The summed E-state index contributed by atoms with van der Waals surface area (Å²) in [7, 11) is 0. The largest absolute Gasteiger partial charge is 0.293 e. The Bertz CT molecular complexity index is 554. The van der Waals surface area contributed by atoms with Gasteiger partial charge in [-0.15, -0.1) is 11.3 Å². The number of hydrogen-bond acceptors (Lipinski definition) is 4. The summed E-state index contributed by atoms with van der Waals surface area (Å²) >= 11 is 1.70. The monoisotopic (exact) mass is 303 g/mol. The first-order valence-corrected chi connectivity index (χ1v) is 7.85. The van der Waals surface area contributed by atoms with Crippen LogP contribution in [0.4, 0.5) is 0 Å². The van der Waals surface area contributed by atoms with E-state index >= 15 is 0 Å². The molecule has 1 unspecified atom stereocenters. The van der Waals surface area contributed by atoms with Crippen LogP contribution < -0.4 is 11.3 Å². The molecule has 0 radical (unpaired) electrons. The van der Waals surface area contributed by atoms with Gasteiger partial charge in [0.2, 0.25) is 0 Å². The van der Waals surface area contributed by atoms with E-state index in [0.29, 0.717) is 0 Å². The summed E-state index contributed by atoms with van der Waals surface area (Å²) in [5.74, 6) is 5.21. The van der Waals surface area contributed by atoms with Gasteiger partial charge in [-0.1, -0.05) is 36.4 Å². The summed E-state index contributed by atoms with van der Waals surface area (Å²) < 4.78 is 0. The summed E-state index contributed by atoms with van der Waals surface area (Å²) in [6.07, 6.45) is 0. The second kappa shape index (κ2) is 7.36. The van der Waals surface area contributed by atoms with Crippen LogP contribution in [0.2, 0.25) is 0 Å². The maximum absolute atomic E-state index is 12.3. The minimum absolute atomic E-state index is 0.188. The molecule has 0 aliphatic heterocycles. The molecule has 2 aromatic rings. The highest BCUT2D eigenvalue weighted by Gasteiger charge is 2.29. The van der Waals surface area contributed by atoms with Gasteiger partial charge in [0.05, 0.1) is 0 Å². The molecule has 1 aromatic heterocycles. The molecule has 0 saturated carbocycles. The zero-order chi connectivity index (χ0) is 15.2. The van der Waals surface area contributed by atoms with E-state index in [4.69, 9.17) is 5.84 Å². The van der Waals surface area contributed by atoms with Crippen LogP contribution >= 0.6 is 11.3 Å². The summed E-state index contributed by atoms with van der Waals surface area (Å²) in [5.41, 5.74) is 3.25. The Morgan fingerprint density at radius 1 is 1.24 bits per heavy atom. The van der Waals surface area contributed by atoms with Gasteiger partial charge in [-0.25, -0.2) is 5.84 Å². The van der Waals surface area contributed by atoms with Gasteiger partial charge in [-0.3, -0.25) is 15.1 Å². The van der Waals surface area contributed by atoms with Gasteiger partial charge in [0.15, 0.2) is 0 Å². The Labute approximate surface area is 129 Å². The van der Waals surface area contributed by atoms with Crippen LogP contribution in [0.5, 0.6) is 0 Å². The smallest absolute Gasteiger partial charge is 0.255 e. The van der Waals surface area contributed by atoms with E-state index in [0.717, 1.165) is 12.1 Å². The summed E-state index contributed by atoms with van der Waals surface area (Å²) in [5, 5.41) is 2.05. The highest BCUT2D eigenvalue weighted by molar-refractivity contribution is 7.09. The van der Waals surface area contributed by atoms with Gasteiger partial charge in [-0.05, 0) is 30.9 Å². The number of carbonyl (C=O) groups is 1. The Morgan fingerprint density at radius 3 is 2.48 bits per heavy atom. The molecule has 0 bridgehead atoms. The normalized spacial score (nSPS) is 12.6. The molecule has 0 fully saturated rings. The molecule has 0 aliphatic rings. The van der Waals surface area contributed by atoms with E-state index in [1.54, 1.807) is 11.3 Å². The van der Waals surface area contributed by atoms with Crippen LogP contribution in [0.25, 0.3) is 0 Å². The second-order valence-electron chi connectivity index (χ2n) is 5.17. The molecule has 5 heteroatoms. The van der Waals surface area contributed by atoms with Crippen molar-refractivity contribution in [3.05, 3.63) is 58.3 Å². The van der Waals surface area contributed by atoms with Crippen LogP contribution in [-0.4, -0.2) is 16.8 Å². The maximum Gasteiger partial charge on any atom is 0.255 e. The van der Waals surface area contributed by atoms with Crippen molar-refractivity contribution in [3.8, 4) is 0 Å². The fraction of sp³-hybridized carbons (Fsp3) is 0.312. The van der Waals surface area contributed by atoms with Gasteiger partial charge in [0.25, 0.3) is 5.91 Å². The Kier molecular flexibility index (Phi) is 5.50. The number of rotatable bonds is 6. The fourth-order valence-corrected chi connectivity index (χ4v) is 3.07. The van der Waals surface area contributed by atoms with E-state index < -0.39 is 6.04 Å². The third-order valence-corrected chi connectivity index (χ3v) is 4.28. The molecule has 1 amide bonds. The summed E-state index contributed by atoms with van der Waals surface area (Å²) in [4.78, 5) is 15.7. The predicted octanol–water partition coefficient (Wildman–Crippen LogP) is 2.69. The first-order valence-electron chi connectivity index (χ1n) is 6.97. The third-order valence-electron chi connectivity index (χ3n) is 3.42. The zero-order valence-electron chi connectivity index (χ0n) is 12.3. The van der Waals surface area contributed by atoms with E-state index in [9.17, 15) is 4.79 Å². The molecular formula is C16H21N3OS. The van der Waals surface area contributed by atoms with E-state index in [1.807, 2.05) is 41.8 Å². The molecule has 1 heterocycles. The van der Waals surface area contributed by atoms with Crippen LogP contribution in [0.1, 0.15) is 30.3 Å². The molecule has 4 nitrogen and oxygen atoms in total. The summed E-state index contributed by atoms with van der Waals surface area (Å²) in [6, 6.07) is 13.7. The molecule has 0 aliphatic carbocycles. The SMILES string of the molecule is CC(C)N(Cc1cccs1)C(C(=O)NN)c1ccccc1. The Balaban J connectivity index is 2.33. The van der Waals surface area contributed by atoms with Gasteiger partial charge in [0.1, 0.15) is 6.04 Å². The maximum atomic E-state index is 12.3. The van der Waals surface area contributed by atoms with Gasteiger partial charge in [-0.2, -0.15) is 0 Å². The molecular weight excluding hydrogens is 282 g/mol. The van der Waals surface area contributed by atoms with Gasteiger partial charge >= 0.3 is 0 Å². The number of hydrogen-bond donors (Lipinski definition) is 2. The standard InChI is InChI=1S/C16H21N3OS/c1-12(2)19(11-14-9-6-10-21-14)15(16(20)18-17)13-7-4-3-5-8-13/h3-10,12,15H,11,17H2,1-2H3,(H,18,20). The van der Waals surface area contributed by atoms with Gasteiger partial charge in [0, 0.05) is 17.5 Å². The highest BCUT2D eigenvalue weighted by Crippen LogP contribution is 2.26. The molecule has 112 valence electrons. The number of nitrogens with one attached hydrogen (secondary N) is 1. The number of carbonyl (C=O) groups excluding carboxylic acids is 1. The number of nitrogens with two attached hydrogens (primary N) is 1. The number of hydrazine groups is 1. The number of nitrogens with zero attached hydrogens (tertiary/aromatic N) is 1. The molecule has 2 rings (SSSR count). The van der Waals surface area contributed by atoms with Gasteiger partial charge < -0.3 is 0 Å². The van der Waals surface area contributed by atoms with Crippen molar-refractivity contribution in [3.63, 3.8) is 0 Å². The predicted molar refractivity (Wildman–Crippen MR) is 86.5 cm³/mol. The lowest BCUT2D eigenvalue weighted by Crippen LogP contribution is -2.45. The summed E-state index contributed by atoms with van der Waals surface area (Å²) in [6.45, 7) is 4.91. The Hall–Kier alpha value is -1.69. The van der Waals surface area contributed by atoms with E-state index in [2.05, 4.69) is 30.2 Å².